The second-order valence-electron chi connectivity index (χ2n) is 11.6. The van der Waals surface area contributed by atoms with Gasteiger partial charge in [0, 0.05) is 25.2 Å². The number of aromatic nitrogens is 2. The smallest absolute Gasteiger partial charge is 0.274 e. The standard InChI is InChI=1S/C31H43FN4O2/c1-21-10-12-23(13-11-21)29-9-5-6-26(38-29)15-14-24-20-33-35-30(22(24)2)31(37)36-18-16-25(17-19-36)34-28-8-4-3-7-27(28)32/h10-13,20,25-29,34H,3-9,14-19H2,1-2H3/t26-,27?,28?,29+/m1/s1. The molecule has 1 amide bonds. The zero-order valence-corrected chi connectivity index (χ0v) is 23.0. The Labute approximate surface area is 226 Å². The van der Waals surface area contributed by atoms with E-state index in [0.29, 0.717) is 25.2 Å². The lowest BCUT2D eigenvalue weighted by Crippen LogP contribution is -2.51. The predicted octanol–water partition coefficient (Wildman–Crippen LogP) is 5.81. The highest BCUT2D eigenvalue weighted by molar-refractivity contribution is 5.93. The lowest BCUT2D eigenvalue weighted by molar-refractivity contribution is -0.0546. The van der Waals surface area contributed by atoms with Gasteiger partial charge in [0.25, 0.3) is 5.91 Å². The number of hydrogen-bond acceptors (Lipinski definition) is 5. The third-order valence-corrected chi connectivity index (χ3v) is 8.86. The van der Waals surface area contributed by atoms with Gasteiger partial charge in [-0.3, -0.25) is 4.79 Å². The first-order valence-corrected chi connectivity index (χ1v) is 14.7. The summed E-state index contributed by atoms with van der Waals surface area (Å²) >= 11 is 0. The van der Waals surface area contributed by atoms with Crippen molar-refractivity contribution in [2.45, 2.75) is 115 Å². The molecule has 2 aliphatic heterocycles. The van der Waals surface area contributed by atoms with Crippen LogP contribution in [-0.4, -0.2) is 58.5 Å². The SMILES string of the molecule is Cc1ccc([C@@H]2CCC[C@H](CCc3cnnc(C(=O)N4CCC(NC5CCCCC5F)CC4)c3C)O2)cc1. The first-order valence-electron chi connectivity index (χ1n) is 14.7. The molecule has 0 spiro atoms. The highest BCUT2D eigenvalue weighted by Crippen LogP contribution is 2.33. The van der Waals surface area contributed by atoms with Crippen LogP contribution >= 0.6 is 0 Å². The van der Waals surface area contributed by atoms with E-state index in [-0.39, 0.29) is 30.2 Å². The molecule has 1 N–H and O–H groups in total. The number of aryl methyl sites for hydroxylation is 2. The average molecular weight is 523 g/mol. The van der Waals surface area contributed by atoms with E-state index in [1.165, 1.54) is 11.1 Å². The largest absolute Gasteiger partial charge is 0.370 e. The van der Waals surface area contributed by atoms with Crippen LogP contribution in [-0.2, 0) is 11.2 Å². The van der Waals surface area contributed by atoms with Crippen LogP contribution in [0.25, 0.3) is 0 Å². The van der Waals surface area contributed by atoms with E-state index in [1.807, 2.05) is 11.8 Å². The van der Waals surface area contributed by atoms with Crippen LogP contribution < -0.4 is 5.32 Å². The first-order chi connectivity index (χ1) is 18.5. The van der Waals surface area contributed by atoms with Crippen LogP contribution in [0.4, 0.5) is 4.39 Å². The Bertz CT molecular complexity index is 1070. The number of carbonyl (C=O) groups excluding carboxylic acids is 1. The Morgan fingerprint density at radius 3 is 2.55 bits per heavy atom. The molecule has 1 aliphatic carbocycles. The number of benzene rings is 1. The zero-order chi connectivity index (χ0) is 26.5. The van der Waals surface area contributed by atoms with Crippen molar-refractivity contribution in [1.29, 1.82) is 0 Å². The summed E-state index contributed by atoms with van der Waals surface area (Å²) in [6, 6.07) is 8.93. The Hall–Kier alpha value is -2.38. The quantitative estimate of drug-likeness (QED) is 0.497. The van der Waals surface area contributed by atoms with Crippen molar-refractivity contribution in [2.24, 2.45) is 0 Å². The Balaban J connectivity index is 1.13. The maximum atomic E-state index is 14.3. The minimum absolute atomic E-state index is 0.0268. The van der Waals surface area contributed by atoms with Gasteiger partial charge in [0.15, 0.2) is 5.69 Å². The highest BCUT2D eigenvalue weighted by Gasteiger charge is 2.31. The predicted molar refractivity (Wildman–Crippen MR) is 147 cm³/mol. The number of nitrogens with zero attached hydrogens (tertiary/aromatic N) is 3. The molecule has 5 rings (SSSR count). The van der Waals surface area contributed by atoms with E-state index >= 15 is 0 Å². The molecule has 2 saturated heterocycles. The molecule has 3 heterocycles. The molecule has 1 aromatic carbocycles. The number of ether oxygens (including phenoxy) is 1. The van der Waals surface area contributed by atoms with E-state index in [0.717, 1.165) is 75.3 Å². The molecule has 1 aromatic heterocycles. The van der Waals surface area contributed by atoms with Gasteiger partial charge in [-0.25, -0.2) is 4.39 Å². The molecule has 7 heteroatoms. The topological polar surface area (TPSA) is 67.4 Å². The molecule has 2 aromatic rings. The Morgan fingerprint density at radius 1 is 1.03 bits per heavy atom. The number of amides is 1. The van der Waals surface area contributed by atoms with E-state index in [2.05, 4.69) is 46.7 Å². The third-order valence-electron chi connectivity index (χ3n) is 8.86. The summed E-state index contributed by atoms with van der Waals surface area (Å²) < 4.78 is 20.7. The monoisotopic (exact) mass is 522 g/mol. The van der Waals surface area contributed by atoms with Gasteiger partial charge in [0.1, 0.15) is 6.17 Å². The lowest BCUT2D eigenvalue weighted by Gasteiger charge is -2.36. The van der Waals surface area contributed by atoms with Crippen LogP contribution in [0.1, 0.15) is 103 Å². The maximum absolute atomic E-state index is 14.3. The average Bonchev–Trinajstić information content (AvgIpc) is 2.94. The van der Waals surface area contributed by atoms with Gasteiger partial charge < -0.3 is 15.0 Å². The van der Waals surface area contributed by atoms with Crippen molar-refractivity contribution < 1.29 is 13.9 Å². The minimum Gasteiger partial charge on any atom is -0.370 e. The number of piperidine rings is 1. The number of rotatable bonds is 7. The summed E-state index contributed by atoms with van der Waals surface area (Å²) in [7, 11) is 0. The molecular weight excluding hydrogens is 479 g/mol. The van der Waals surface area contributed by atoms with E-state index in [9.17, 15) is 9.18 Å². The Kier molecular flexibility index (Phi) is 9.05. The van der Waals surface area contributed by atoms with E-state index in [4.69, 9.17) is 4.74 Å². The van der Waals surface area contributed by atoms with Crippen molar-refractivity contribution in [1.82, 2.24) is 20.4 Å². The van der Waals surface area contributed by atoms with Gasteiger partial charge in [-0.1, -0.05) is 42.7 Å². The second-order valence-corrected chi connectivity index (χ2v) is 11.6. The number of alkyl halides is 1. The van der Waals surface area contributed by atoms with Crippen molar-refractivity contribution in [3.63, 3.8) is 0 Å². The second kappa shape index (κ2) is 12.6. The van der Waals surface area contributed by atoms with E-state index < -0.39 is 6.17 Å². The van der Waals surface area contributed by atoms with Gasteiger partial charge >= 0.3 is 0 Å². The molecular formula is C31H43FN4O2. The minimum atomic E-state index is -0.739. The molecule has 3 fully saturated rings. The normalized spacial score (nSPS) is 26.9. The van der Waals surface area contributed by atoms with Crippen LogP contribution in [0, 0.1) is 13.8 Å². The van der Waals surface area contributed by atoms with Crippen molar-refractivity contribution in [3.05, 3.63) is 58.4 Å². The van der Waals surface area contributed by atoms with Crippen LogP contribution in [0.2, 0.25) is 0 Å². The fraction of sp³-hybridized carbons (Fsp3) is 0.645. The molecule has 4 atom stereocenters. The summed E-state index contributed by atoms with van der Waals surface area (Å²) in [6.07, 6.45) is 11.9. The van der Waals surface area contributed by atoms with Crippen LogP contribution in [0.5, 0.6) is 0 Å². The summed E-state index contributed by atoms with van der Waals surface area (Å²) in [5, 5.41) is 12.0. The van der Waals surface area contributed by atoms with Gasteiger partial charge in [-0.2, -0.15) is 5.10 Å². The molecule has 0 radical (unpaired) electrons. The molecule has 206 valence electrons. The number of nitrogens with one attached hydrogen (secondary N) is 1. The highest BCUT2D eigenvalue weighted by atomic mass is 19.1. The fourth-order valence-electron chi connectivity index (χ4n) is 6.37. The van der Waals surface area contributed by atoms with Gasteiger partial charge in [-0.15, -0.1) is 5.10 Å². The molecule has 38 heavy (non-hydrogen) atoms. The van der Waals surface area contributed by atoms with Gasteiger partial charge in [0.05, 0.1) is 18.4 Å². The van der Waals surface area contributed by atoms with Crippen LogP contribution in [0.15, 0.2) is 30.5 Å². The molecule has 2 unspecified atom stereocenters. The van der Waals surface area contributed by atoms with Gasteiger partial charge in [0.2, 0.25) is 0 Å². The molecule has 6 nitrogen and oxygen atoms in total. The molecule has 3 aliphatic rings. The zero-order valence-electron chi connectivity index (χ0n) is 23.0. The molecule has 0 bridgehead atoms. The van der Waals surface area contributed by atoms with E-state index in [1.54, 1.807) is 6.20 Å². The number of hydrogen-bond donors (Lipinski definition) is 1. The number of carbonyl (C=O) groups is 1. The fourth-order valence-corrected chi connectivity index (χ4v) is 6.37. The summed E-state index contributed by atoms with van der Waals surface area (Å²) in [5.41, 5.74) is 5.00. The van der Waals surface area contributed by atoms with Crippen LogP contribution in [0.3, 0.4) is 0 Å². The summed E-state index contributed by atoms with van der Waals surface area (Å²) in [6.45, 7) is 5.44. The lowest BCUT2D eigenvalue weighted by atomic mass is 9.92. The molecule has 1 saturated carbocycles. The number of likely N-dealkylation sites (tertiary alicyclic amines) is 1. The number of halogens is 1. The first kappa shape index (κ1) is 27.2. The van der Waals surface area contributed by atoms with Crippen molar-refractivity contribution >= 4 is 5.91 Å². The van der Waals surface area contributed by atoms with Crippen molar-refractivity contribution in [2.75, 3.05) is 13.1 Å². The Morgan fingerprint density at radius 2 is 1.79 bits per heavy atom. The van der Waals surface area contributed by atoms with Crippen molar-refractivity contribution in [3.8, 4) is 0 Å². The maximum Gasteiger partial charge on any atom is 0.274 e. The summed E-state index contributed by atoms with van der Waals surface area (Å²) in [4.78, 5) is 15.3. The van der Waals surface area contributed by atoms with Gasteiger partial charge in [-0.05, 0) is 88.3 Å². The third kappa shape index (κ3) is 6.60. The summed E-state index contributed by atoms with van der Waals surface area (Å²) in [5.74, 6) is -0.0373.